The Morgan fingerprint density at radius 1 is 0.860 bits per heavy atom. The van der Waals surface area contributed by atoms with Crippen LogP contribution in [-0.2, 0) is 31.9 Å². The van der Waals surface area contributed by atoms with Gasteiger partial charge in [0.15, 0.2) is 0 Å². The van der Waals surface area contributed by atoms with Gasteiger partial charge in [0.05, 0.1) is 13.7 Å². The minimum Gasteiger partial charge on any atom is -0.486 e. The summed E-state index contributed by atoms with van der Waals surface area (Å²) in [6.07, 6.45) is 12.3. The van der Waals surface area contributed by atoms with Crippen molar-refractivity contribution in [3.05, 3.63) is 108 Å². The van der Waals surface area contributed by atoms with Gasteiger partial charge in [-0.15, -0.1) is 54.1 Å². The largest absolute Gasteiger partial charge is 0.486 e. The molecule has 0 spiro atoms. The first-order valence-corrected chi connectivity index (χ1v) is 21.6. The molecule has 1 radical (unpaired) electrons. The second-order valence-corrected chi connectivity index (χ2v) is 21.1. The second-order valence-electron chi connectivity index (χ2n) is 16.1. The molecule has 4 nitrogen and oxygen atoms in total. The van der Waals surface area contributed by atoms with E-state index in [1.54, 1.807) is 10.8 Å². The van der Waals surface area contributed by atoms with E-state index in [-0.39, 0.29) is 25.5 Å². The Morgan fingerprint density at radius 2 is 1.64 bits per heavy atom. The second kappa shape index (κ2) is 15.8. The third-order valence-electron chi connectivity index (χ3n) is 9.81. The zero-order valence-corrected chi connectivity index (χ0v) is 34.4. The zero-order valence-electron chi connectivity index (χ0n) is 31.0. The number of hydrogen-bond donors (Lipinski definition) is 0. The van der Waals surface area contributed by atoms with E-state index in [0.29, 0.717) is 11.6 Å². The van der Waals surface area contributed by atoms with E-state index in [2.05, 4.69) is 120 Å². The van der Waals surface area contributed by atoms with Crippen LogP contribution in [0.2, 0.25) is 19.6 Å². The van der Waals surface area contributed by atoms with Gasteiger partial charge in [-0.05, 0) is 64.0 Å². The maximum atomic E-state index is 6.17. The van der Waals surface area contributed by atoms with Gasteiger partial charge in [-0.3, -0.25) is 0 Å². The van der Waals surface area contributed by atoms with Gasteiger partial charge in [0.1, 0.15) is 0 Å². The van der Waals surface area contributed by atoms with Gasteiger partial charge in [0.25, 0.3) is 0 Å². The van der Waals surface area contributed by atoms with Gasteiger partial charge < -0.3 is 14.4 Å². The summed E-state index contributed by atoms with van der Waals surface area (Å²) in [5.41, 5.74) is 9.33. The van der Waals surface area contributed by atoms with E-state index in [0.717, 1.165) is 50.5 Å². The van der Waals surface area contributed by atoms with Crippen LogP contribution in [0.1, 0.15) is 89.5 Å². The van der Waals surface area contributed by atoms with Crippen LogP contribution in [0.3, 0.4) is 0 Å². The standard InChI is InChI=1S/C23H23N2O.C21H28NSi.Ir/c1-14(2)19-10-9-17-16-7-6-8-18(21(16)26-22(17)25-19)20-13-15(11-12-24-20)23(3,4)5;1-23(2,3)21-16-22-20(18-12-8-5-9-13-18)15-19(21)14-17-10-6-4-7-11-17;/h6-7,9-14H,1-5H3;5,8-9,12,15-17H,4,6-7,10-11,14H2,1-3H3;/q2*-1;. The Morgan fingerprint density at radius 3 is 2.32 bits per heavy atom. The van der Waals surface area contributed by atoms with Crippen molar-refractivity contribution in [2.45, 2.75) is 104 Å². The van der Waals surface area contributed by atoms with Crippen molar-refractivity contribution >= 4 is 35.3 Å². The topological polar surface area (TPSA) is 51.8 Å². The molecule has 0 aliphatic heterocycles. The number of aromatic nitrogens is 3. The maximum Gasteiger partial charge on any atom is 0.216 e. The number of nitrogens with zero attached hydrogens (tertiary/aromatic N) is 3. The Balaban J connectivity index is 0.000000192. The zero-order chi connectivity index (χ0) is 34.8. The summed E-state index contributed by atoms with van der Waals surface area (Å²) in [6, 6.07) is 29.5. The Kier molecular flexibility index (Phi) is 12.0. The van der Waals surface area contributed by atoms with Gasteiger partial charge in [0.2, 0.25) is 5.71 Å². The number of benzene rings is 2. The minimum atomic E-state index is -1.36. The van der Waals surface area contributed by atoms with Crippen LogP contribution in [0.4, 0.5) is 0 Å². The fourth-order valence-corrected chi connectivity index (χ4v) is 8.52. The van der Waals surface area contributed by atoms with Crippen LogP contribution in [0.15, 0.2) is 83.5 Å². The van der Waals surface area contributed by atoms with E-state index in [4.69, 9.17) is 14.4 Å². The van der Waals surface area contributed by atoms with Gasteiger partial charge in [-0.1, -0.05) is 115 Å². The number of pyridine rings is 3. The summed E-state index contributed by atoms with van der Waals surface area (Å²) in [7, 11) is -1.36. The smallest absolute Gasteiger partial charge is 0.216 e. The predicted octanol–water partition coefficient (Wildman–Crippen LogP) is 11.5. The van der Waals surface area contributed by atoms with Crippen molar-refractivity contribution in [1.82, 2.24) is 15.0 Å². The Hall–Kier alpha value is -3.44. The summed E-state index contributed by atoms with van der Waals surface area (Å²) < 4.78 is 6.17. The molecular weight excluding hydrogens is 807 g/mol. The van der Waals surface area contributed by atoms with Gasteiger partial charge in [-0.2, -0.15) is 0 Å². The number of furan rings is 1. The van der Waals surface area contributed by atoms with Crippen molar-refractivity contribution in [1.29, 1.82) is 0 Å². The number of rotatable bonds is 6. The molecule has 6 aromatic rings. The Bertz CT molecular complexity index is 2030. The molecule has 2 aromatic carbocycles. The fraction of sp³-hybridized carbons (Fsp3) is 0.386. The molecule has 1 saturated carbocycles. The summed E-state index contributed by atoms with van der Waals surface area (Å²) >= 11 is 0. The average Bonchev–Trinajstić information content (AvgIpc) is 3.47. The van der Waals surface area contributed by atoms with Crippen LogP contribution in [-0.4, -0.2) is 23.0 Å². The molecule has 0 atom stereocenters. The number of fused-ring (bicyclic) bond motifs is 3. The van der Waals surface area contributed by atoms with Crippen LogP contribution in [0.25, 0.3) is 44.6 Å². The molecule has 1 aliphatic carbocycles. The number of hydrogen-bond acceptors (Lipinski definition) is 4. The summed E-state index contributed by atoms with van der Waals surface area (Å²) in [5.74, 6) is 1.23. The van der Waals surface area contributed by atoms with E-state index in [1.165, 1.54) is 44.1 Å². The molecule has 0 bridgehead atoms. The first-order valence-electron chi connectivity index (χ1n) is 18.1. The van der Waals surface area contributed by atoms with E-state index < -0.39 is 8.07 Å². The maximum absolute atomic E-state index is 6.17. The van der Waals surface area contributed by atoms with Crippen molar-refractivity contribution in [2.24, 2.45) is 5.92 Å². The monoisotopic (exact) mass is 858 g/mol. The first kappa shape index (κ1) is 37.8. The molecule has 4 heterocycles. The normalized spacial score (nSPS) is 14.0. The SMILES string of the molecule is CC(C)c1ccc2c(n1)oc1c(-c3cc(C(C)(C)C)ccn3)[c-]ccc12.C[Si](C)(C)c1cnc(-c2[c-]cccc2)cc1CC1CCCCC1.[Ir]. The van der Waals surface area contributed by atoms with Crippen LogP contribution >= 0.6 is 0 Å². The quantitative estimate of drug-likeness (QED) is 0.124. The molecule has 0 N–H and O–H groups in total. The summed E-state index contributed by atoms with van der Waals surface area (Å²) in [4.78, 5) is 14.1. The van der Waals surface area contributed by atoms with Crippen molar-refractivity contribution in [2.75, 3.05) is 0 Å². The van der Waals surface area contributed by atoms with Gasteiger partial charge in [-0.25, -0.2) is 4.98 Å². The molecule has 1 fully saturated rings. The third kappa shape index (κ3) is 8.70. The van der Waals surface area contributed by atoms with Crippen LogP contribution in [0.5, 0.6) is 0 Å². The minimum absolute atomic E-state index is 0. The van der Waals surface area contributed by atoms with Gasteiger partial charge >= 0.3 is 0 Å². The van der Waals surface area contributed by atoms with Crippen molar-refractivity contribution in [3.8, 4) is 22.5 Å². The fourth-order valence-electron chi connectivity index (χ4n) is 6.93. The molecule has 6 heteroatoms. The predicted molar refractivity (Wildman–Crippen MR) is 208 cm³/mol. The van der Waals surface area contributed by atoms with E-state index >= 15 is 0 Å². The molecule has 7 rings (SSSR count). The molecule has 0 amide bonds. The van der Waals surface area contributed by atoms with Gasteiger partial charge in [0, 0.05) is 43.6 Å². The van der Waals surface area contributed by atoms with Crippen LogP contribution < -0.4 is 5.19 Å². The van der Waals surface area contributed by atoms with E-state index in [1.807, 2.05) is 30.5 Å². The molecule has 50 heavy (non-hydrogen) atoms. The molecule has 1 aliphatic rings. The van der Waals surface area contributed by atoms with Crippen molar-refractivity contribution < 1.29 is 24.5 Å². The Labute approximate surface area is 313 Å². The van der Waals surface area contributed by atoms with E-state index in [9.17, 15) is 0 Å². The summed E-state index contributed by atoms with van der Waals surface area (Å²) in [5, 5.41) is 3.63. The molecule has 263 valence electrons. The summed E-state index contributed by atoms with van der Waals surface area (Å²) in [6.45, 7) is 18.2. The molecular formula is C44H51IrN3OSi-2. The average molecular weight is 858 g/mol. The first-order chi connectivity index (χ1) is 23.4. The third-order valence-corrected chi connectivity index (χ3v) is 11.9. The van der Waals surface area contributed by atoms with Crippen LogP contribution in [0, 0.1) is 18.1 Å². The van der Waals surface area contributed by atoms with Crippen molar-refractivity contribution in [3.63, 3.8) is 0 Å². The molecule has 0 unspecified atom stereocenters. The molecule has 4 aromatic heterocycles. The molecule has 0 saturated heterocycles.